The summed E-state index contributed by atoms with van der Waals surface area (Å²) in [5.74, 6) is -0.654. The van der Waals surface area contributed by atoms with Gasteiger partial charge in [-0.2, -0.15) is 5.10 Å². The minimum absolute atomic E-state index is 0.0778. The van der Waals surface area contributed by atoms with Gasteiger partial charge in [-0.05, 0) is 31.0 Å². The highest BCUT2D eigenvalue weighted by molar-refractivity contribution is 5.98. The first-order valence-corrected chi connectivity index (χ1v) is 8.11. The van der Waals surface area contributed by atoms with Gasteiger partial charge >= 0.3 is 0 Å². The molecule has 1 aromatic carbocycles. The smallest absolute Gasteiger partial charge is 0.274 e. The molecule has 0 bridgehead atoms. The summed E-state index contributed by atoms with van der Waals surface area (Å²) in [5.41, 5.74) is 1.51. The van der Waals surface area contributed by atoms with Gasteiger partial charge in [-0.25, -0.2) is 4.68 Å². The van der Waals surface area contributed by atoms with E-state index in [9.17, 15) is 14.4 Å². The van der Waals surface area contributed by atoms with Gasteiger partial charge in [-0.15, -0.1) is 0 Å². The predicted molar refractivity (Wildman–Crippen MR) is 95.5 cm³/mol. The minimum Gasteiger partial charge on any atom is -0.328 e. The van der Waals surface area contributed by atoms with E-state index in [1.807, 2.05) is 38.1 Å². The number of aromatic nitrogens is 2. The number of anilines is 1. The largest absolute Gasteiger partial charge is 0.328 e. The Morgan fingerprint density at radius 1 is 1.20 bits per heavy atom. The van der Waals surface area contributed by atoms with Crippen molar-refractivity contribution >= 4 is 17.5 Å². The lowest BCUT2D eigenvalue weighted by molar-refractivity contribution is -0.116. The lowest BCUT2D eigenvalue weighted by Gasteiger charge is -2.21. The van der Waals surface area contributed by atoms with Crippen molar-refractivity contribution in [3.63, 3.8) is 0 Å². The monoisotopic (exact) mass is 342 g/mol. The molecule has 1 aromatic heterocycles. The minimum atomic E-state index is -0.377. The third-order valence-corrected chi connectivity index (χ3v) is 3.71. The zero-order valence-corrected chi connectivity index (χ0v) is 14.7. The maximum atomic E-state index is 12.6. The van der Waals surface area contributed by atoms with E-state index in [0.29, 0.717) is 13.0 Å². The average molecular weight is 342 g/mol. The number of nitrogens with one attached hydrogen (secondary N) is 1. The molecule has 7 nitrogen and oxygen atoms in total. The predicted octanol–water partition coefficient (Wildman–Crippen LogP) is 1.58. The van der Waals surface area contributed by atoms with Gasteiger partial charge in [0.2, 0.25) is 5.91 Å². The van der Waals surface area contributed by atoms with Gasteiger partial charge in [0.05, 0.1) is 0 Å². The Balaban J connectivity index is 2.12. The van der Waals surface area contributed by atoms with Gasteiger partial charge in [0.25, 0.3) is 11.5 Å². The van der Waals surface area contributed by atoms with E-state index in [0.717, 1.165) is 15.9 Å². The quantitative estimate of drug-likeness (QED) is 0.864. The van der Waals surface area contributed by atoms with Crippen LogP contribution in [0.4, 0.5) is 5.69 Å². The van der Waals surface area contributed by atoms with Crippen molar-refractivity contribution in [2.24, 2.45) is 7.05 Å². The average Bonchev–Trinajstić information content (AvgIpc) is 2.58. The molecule has 0 aliphatic heterocycles. The Hall–Kier alpha value is -2.96. The Bertz CT molecular complexity index is 829. The first-order chi connectivity index (χ1) is 11.9. The van der Waals surface area contributed by atoms with Crippen LogP contribution in [0.25, 0.3) is 0 Å². The SMILES string of the molecule is CCCN(CC(=O)Nc1ccccc1C)C(=O)c1ccc(=O)n(C)n1. The number of carbonyl (C=O) groups is 2. The van der Waals surface area contributed by atoms with Crippen LogP contribution in [-0.2, 0) is 11.8 Å². The molecule has 0 spiro atoms. The second kappa shape index (κ2) is 8.23. The molecule has 25 heavy (non-hydrogen) atoms. The topological polar surface area (TPSA) is 84.3 Å². The third kappa shape index (κ3) is 4.76. The zero-order chi connectivity index (χ0) is 18.4. The van der Waals surface area contributed by atoms with Gasteiger partial charge in [0.1, 0.15) is 12.2 Å². The number of carbonyl (C=O) groups excluding carboxylic acids is 2. The third-order valence-electron chi connectivity index (χ3n) is 3.71. The van der Waals surface area contributed by atoms with E-state index >= 15 is 0 Å². The van der Waals surface area contributed by atoms with E-state index in [-0.39, 0.29) is 29.6 Å². The highest BCUT2D eigenvalue weighted by Gasteiger charge is 2.20. The summed E-state index contributed by atoms with van der Waals surface area (Å²) in [5, 5.41) is 6.78. The fraction of sp³-hybridized carbons (Fsp3) is 0.333. The maximum Gasteiger partial charge on any atom is 0.274 e. The van der Waals surface area contributed by atoms with Crippen molar-refractivity contribution in [3.05, 3.63) is 58.0 Å². The number of nitrogens with zero attached hydrogens (tertiary/aromatic N) is 3. The van der Waals surface area contributed by atoms with Crippen LogP contribution < -0.4 is 10.9 Å². The molecule has 0 unspecified atom stereocenters. The number of hydrogen-bond acceptors (Lipinski definition) is 4. The van der Waals surface area contributed by atoms with E-state index in [4.69, 9.17) is 0 Å². The van der Waals surface area contributed by atoms with Crippen LogP contribution in [0.1, 0.15) is 29.4 Å². The number of benzene rings is 1. The first-order valence-electron chi connectivity index (χ1n) is 8.11. The summed E-state index contributed by atoms with van der Waals surface area (Å²) in [6.07, 6.45) is 0.704. The van der Waals surface area contributed by atoms with Crippen molar-refractivity contribution in [2.45, 2.75) is 20.3 Å². The van der Waals surface area contributed by atoms with Gasteiger partial charge in [-0.3, -0.25) is 14.4 Å². The first kappa shape index (κ1) is 18.4. The molecule has 132 valence electrons. The molecule has 0 fully saturated rings. The zero-order valence-electron chi connectivity index (χ0n) is 14.7. The fourth-order valence-electron chi connectivity index (χ4n) is 2.38. The van der Waals surface area contributed by atoms with Gasteiger partial charge in [0, 0.05) is 25.3 Å². The van der Waals surface area contributed by atoms with E-state index in [2.05, 4.69) is 10.4 Å². The van der Waals surface area contributed by atoms with Crippen LogP contribution in [-0.4, -0.2) is 39.6 Å². The molecule has 2 rings (SSSR count). The molecule has 0 aliphatic rings. The van der Waals surface area contributed by atoms with E-state index < -0.39 is 0 Å². The Morgan fingerprint density at radius 2 is 1.92 bits per heavy atom. The highest BCUT2D eigenvalue weighted by Crippen LogP contribution is 2.13. The van der Waals surface area contributed by atoms with Gasteiger partial charge in [-0.1, -0.05) is 25.1 Å². The number of hydrogen-bond donors (Lipinski definition) is 1. The summed E-state index contributed by atoms with van der Waals surface area (Å²) in [7, 11) is 1.48. The van der Waals surface area contributed by atoms with Crippen LogP contribution in [0.15, 0.2) is 41.2 Å². The molecule has 1 heterocycles. The van der Waals surface area contributed by atoms with E-state index in [1.165, 1.54) is 24.1 Å². The van der Waals surface area contributed by atoms with Crippen molar-refractivity contribution in [3.8, 4) is 0 Å². The molecule has 1 N–H and O–H groups in total. The molecule has 0 atom stereocenters. The van der Waals surface area contributed by atoms with Crippen LogP contribution in [0.3, 0.4) is 0 Å². The standard InChI is InChI=1S/C18H22N4O3/c1-4-11-22(18(25)15-9-10-17(24)21(3)20-15)12-16(23)19-14-8-6-5-7-13(14)2/h5-10H,4,11-12H2,1-3H3,(H,19,23). The molecular weight excluding hydrogens is 320 g/mol. The van der Waals surface area contributed by atoms with Crippen LogP contribution in [0, 0.1) is 6.92 Å². The Kier molecular flexibility index (Phi) is 6.05. The number of aryl methyl sites for hydroxylation is 2. The Labute approximate surface area is 146 Å². The number of amides is 2. The number of para-hydroxylation sites is 1. The maximum absolute atomic E-state index is 12.6. The van der Waals surface area contributed by atoms with Crippen molar-refractivity contribution in [1.82, 2.24) is 14.7 Å². The lowest BCUT2D eigenvalue weighted by Crippen LogP contribution is -2.39. The molecule has 0 saturated carbocycles. The van der Waals surface area contributed by atoms with Gasteiger partial charge < -0.3 is 10.2 Å². The fourth-order valence-corrected chi connectivity index (χ4v) is 2.38. The molecular formula is C18H22N4O3. The van der Waals surface area contributed by atoms with Crippen molar-refractivity contribution in [1.29, 1.82) is 0 Å². The molecule has 0 radical (unpaired) electrons. The van der Waals surface area contributed by atoms with Crippen molar-refractivity contribution < 1.29 is 9.59 Å². The molecule has 2 amide bonds. The normalized spacial score (nSPS) is 10.4. The summed E-state index contributed by atoms with van der Waals surface area (Å²) >= 11 is 0. The summed E-state index contributed by atoms with van der Waals surface area (Å²) < 4.78 is 1.10. The second-order valence-electron chi connectivity index (χ2n) is 5.77. The second-order valence-corrected chi connectivity index (χ2v) is 5.77. The number of rotatable bonds is 6. The summed E-state index contributed by atoms with van der Waals surface area (Å²) in [4.78, 5) is 37.8. The summed E-state index contributed by atoms with van der Waals surface area (Å²) in [6, 6.07) is 10.1. The van der Waals surface area contributed by atoms with Crippen LogP contribution in [0.5, 0.6) is 0 Å². The van der Waals surface area contributed by atoms with Gasteiger partial charge in [0.15, 0.2) is 0 Å². The van der Waals surface area contributed by atoms with Crippen LogP contribution >= 0.6 is 0 Å². The molecule has 2 aromatic rings. The summed E-state index contributed by atoms with van der Waals surface area (Å²) in [6.45, 7) is 4.17. The Morgan fingerprint density at radius 3 is 2.56 bits per heavy atom. The highest BCUT2D eigenvalue weighted by atomic mass is 16.2. The lowest BCUT2D eigenvalue weighted by atomic mass is 10.2. The molecule has 0 saturated heterocycles. The molecule has 0 aliphatic carbocycles. The van der Waals surface area contributed by atoms with Crippen molar-refractivity contribution in [2.75, 3.05) is 18.4 Å². The molecule has 7 heteroatoms. The van der Waals surface area contributed by atoms with Crippen LogP contribution in [0.2, 0.25) is 0 Å². The van der Waals surface area contributed by atoms with E-state index in [1.54, 1.807) is 0 Å².